The summed E-state index contributed by atoms with van der Waals surface area (Å²) >= 11 is 2.00. The molecule has 0 radical (unpaired) electrons. The number of thioether (sulfide) groups is 1. The Morgan fingerprint density at radius 2 is 2.33 bits per heavy atom. The lowest BCUT2D eigenvalue weighted by molar-refractivity contribution is 0.655. The van der Waals surface area contributed by atoms with Crippen LogP contribution in [0.25, 0.3) is 0 Å². The number of hydrogen-bond donors (Lipinski definition) is 1. The molecule has 1 rings (SSSR count). The highest BCUT2D eigenvalue weighted by Crippen LogP contribution is 2.20. The smallest absolute Gasteiger partial charge is 0.0427 e. The maximum Gasteiger partial charge on any atom is 0.0427 e. The number of aryl methyl sites for hydroxylation is 1. The molecule has 1 unspecified atom stereocenters. The number of nitrogens with one attached hydrogen (secondary N) is 1. The van der Waals surface area contributed by atoms with E-state index in [-0.39, 0.29) is 0 Å². The predicted molar refractivity (Wildman–Crippen MR) is 68.4 cm³/mol. The van der Waals surface area contributed by atoms with Crippen LogP contribution < -0.4 is 5.32 Å². The Morgan fingerprint density at radius 3 is 2.93 bits per heavy atom. The van der Waals surface area contributed by atoms with E-state index in [0.717, 1.165) is 5.75 Å². The van der Waals surface area contributed by atoms with Gasteiger partial charge in [-0.2, -0.15) is 11.8 Å². The summed E-state index contributed by atoms with van der Waals surface area (Å²) in [5.74, 6) is 2.36. The van der Waals surface area contributed by atoms with E-state index in [2.05, 4.69) is 30.2 Å². The molecule has 0 saturated heterocycles. The van der Waals surface area contributed by atoms with Crippen molar-refractivity contribution in [2.24, 2.45) is 0 Å². The van der Waals surface area contributed by atoms with Crippen molar-refractivity contribution >= 4 is 11.8 Å². The SMILES string of the molecule is CCCSCC(NC)c1cnccc1C. The average Bonchev–Trinajstić information content (AvgIpc) is 2.26. The summed E-state index contributed by atoms with van der Waals surface area (Å²) in [6, 6.07) is 2.50. The molecule has 0 saturated carbocycles. The third-order valence-electron chi connectivity index (χ3n) is 2.44. The number of hydrogen-bond acceptors (Lipinski definition) is 3. The fraction of sp³-hybridized carbons (Fsp3) is 0.583. The fourth-order valence-electron chi connectivity index (χ4n) is 1.52. The summed E-state index contributed by atoms with van der Waals surface area (Å²) in [5, 5.41) is 3.36. The molecule has 0 aromatic carbocycles. The zero-order valence-corrected chi connectivity index (χ0v) is 10.6. The Balaban J connectivity index is 2.61. The summed E-state index contributed by atoms with van der Waals surface area (Å²) in [4.78, 5) is 4.19. The van der Waals surface area contributed by atoms with Crippen LogP contribution in [0.3, 0.4) is 0 Å². The summed E-state index contributed by atoms with van der Waals surface area (Å²) in [7, 11) is 2.02. The lowest BCUT2D eigenvalue weighted by Crippen LogP contribution is -2.20. The fourth-order valence-corrected chi connectivity index (χ4v) is 2.55. The molecule has 1 heterocycles. The zero-order chi connectivity index (χ0) is 11.1. The van der Waals surface area contributed by atoms with Crippen molar-refractivity contribution in [3.05, 3.63) is 29.6 Å². The number of rotatable bonds is 6. The Hall–Kier alpha value is -0.540. The summed E-state index contributed by atoms with van der Waals surface area (Å²) in [5.41, 5.74) is 2.64. The first-order valence-electron chi connectivity index (χ1n) is 5.45. The molecule has 3 heteroatoms. The van der Waals surface area contributed by atoms with E-state index in [1.54, 1.807) is 0 Å². The van der Waals surface area contributed by atoms with Crippen molar-refractivity contribution in [1.82, 2.24) is 10.3 Å². The van der Waals surface area contributed by atoms with Gasteiger partial charge in [0.15, 0.2) is 0 Å². The quantitative estimate of drug-likeness (QED) is 0.752. The second kappa shape index (κ2) is 6.85. The van der Waals surface area contributed by atoms with Crippen LogP contribution in [0.5, 0.6) is 0 Å². The van der Waals surface area contributed by atoms with Crippen LogP contribution in [0.4, 0.5) is 0 Å². The van der Waals surface area contributed by atoms with Crippen LogP contribution >= 0.6 is 11.8 Å². The average molecular weight is 224 g/mol. The Bertz CT molecular complexity index is 289. The highest BCUT2D eigenvalue weighted by Gasteiger charge is 2.11. The number of pyridine rings is 1. The van der Waals surface area contributed by atoms with Gasteiger partial charge in [0, 0.05) is 24.2 Å². The number of nitrogens with zero attached hydrogens (tertiary/aromatic N) is 1. The summed E-state index contributed by atoms with van der Waals surface area (Å²) < 4.78 is 0. The molecular weight excluding hydrogens is 204 g/mol. The monoisotopic (exact) mass is 224 g/mol. The third-order valence-corrected chi connectivity index (χ3v) is 3.70. The molecule has 1 aromatic heterocycles. The van der Waals surface area contributed by atoms with Gasteiger partial charge in [-0.15, -0.1) is 0 Å². The topological polar surface area (TPSA) is 24.9 Å². The first-order chi connectivity index (χ1) is 7.29. The molecule has 2 nitrogen and oxygen atoms in total. The van der Waals surface area contributed by atoms with Gasteiger partial charge in [-0.25, -0.2) is 0 Å². The molecule has 0 amide bonds. The van der Waals surface area contributed by atoms with Gasteiger partial charge in [0.05, 0.1) is 0 Å². The highest BCUT2D eigenvalue weighted by molar-refractivity contribution is 7.99. The molecule has 15 heavy (non-hydrogen) atoms. The maximum atomic E-state index is 4.19. The molecule has 0 spiro atoms. The van der Waals surface area contributed by atoms with Crippen LogP contribution in [-0.2, 0) is 0 Å². The number of aromatic nitrogens is 1. The van der Waals surface area contributed by atoms with Crippen LogP contribution in [-0.4, -0.2) is 23.5 Å². The second-order valence-corrected chi connectivity index (χ2v) is 4.80. The van der Waals surface area contributed by atoms with Crippen molar-refractivity contribution in [3.63, 3.8) is 0 Å². The molecule has 0 fully saturated rings. The van der Waals surface area contributed by atoms with Crippen LogP contribution in [0, 0.1) is 6.92 Å². The molecule has 1 N–H and O–H groups in total. The second-order valence-electron chi connectivity index (χ2n) is 3.65. The molecule has 1 aromatic rings. The van der Waals surface area contributed by atoms with Gasteiger partial charge < -0.3 is 5.32 Å². The van der Waals surface area contributed by atoms with Crippen molar-refractivity contribution in [1.29, 1.82) is 0 Å². The Kier molecular flexibility index (Phi) is 5.73. The first-order valence-corrected chi connectivity index (χ1v) is 6.60. The predicted octanol–water partition coefficient (Wildman–Crippen LogP) is 2.79. The van der Waals surface area contributed by atoms with Gasteiger partial charge >= 0.3 is 0 Å². The van der Waals surface area contributed by atoms with Gasteiger partial charge in [-0.3, -0.25) is 4.98 Å². The maximum absolute atomic E-state index is 4.19. The van der Waals surface area contributed by atoms with Crippen molar-refractivity contribution < 1.29 is 0 Å². The van der Waals surface area contributed by atoms with Gasteiger partial charge in [0.25, 0.3) is 0 Å². The van der Waals surface area contributed by atoms with E-state index >= 15 is 0 Å². The van der Waals surface area contributed by atoms with Crippen LogP contribution in [0.2, 0.25) is 0 Å². The molecule has 0 bridgehead atoms. The molecular formula is C12H20N2S. The van der Waals surface area contributed by atoms with E-state index in [1.165, 1.54) is 23.3 Å². The lowest BCUT2D eigenvalue weighted by Gasteiger charge is -2.17. The Morgan fingerprint density at radius 1 is 1.53 bits per heavy atom. The minimum Gasteiger partial charge on any atom is -0.312 e. The van der Waals surface area contributed by atoms with Gasteiger partial charge in [-0.05, 0) is 43.3 Å². The molecule has 0 aliphatic rings. The van der Waals surface area contributed by atoms with E-state index in [0.29, 0.717) is 6.04 Å². The van der Waals surface area contributed by atoms with Gasteiger partial charge in [0.2, 0.25) is 0 Å². The van der Waals surface area contributed by atoms with Crippen molar-refractivity contribution in [2.45, 2.75) is 26.3 Å². The molecule has 0 aliphatic heterocycles. The van der Waals surface area contributed by atoms with Crippen molar-refractivity contribution in [2.75, 3.05) is 18.6 Å². The van der Waals surface area contributed by atoms with E-state index in [4.69, 9.17) is 0 Å². The van der Waals surface area contributed by atoms with E-state index in [1.807, 2.05) is 31.2 Å². The van der Waals surface area contributed by atoms with Crippen LogP contribution in [0.15, 0.2) is 18.5 Å². The minimum absolute atomic E-state index is 0.426. The van der Waals surface area contributed by atoms with Crippen LogP contribution in [0.1, 0.15) is 30.5 Å². The highest BCUT2D eigenvalue weighted by atomic mass is 32.2. The summed E-state index contributed by atoms with van der Waals surface area (Å²) in [6.07, 6.45) is 5.07. The summed E-state index contributed by atoms with van der Waals surface area (Å²) in [6.45, 7) is 4.36. The minimum atomic E-state index is 0.426. The first kappa shape index (κ1) is 12.5. The standard InChI is InChI=1S/C12H20N2S/c1-4-7-15-9-12(13-3)11-8-14-6-5-10(11)2/h5-6,8,12-13H,4,7,9H2,1-3H3. The zero-order valence-electron chi connectivity index (χ0n) is 9.79. The third kappa shape index (κ3) is 3.84. The largest absolute Gasteiger partial charge is 0.312 e. The van der Waals surface area contributed by atoms with Gasteiger partial charge in [-0.1, -0.05) is 6.92 Å². The lowest BCUT2D eigenvalue weighted by atomic mass is 10.1. The molecule has 0 aliphatic carbocycles. The molecule has 84 valence electrons. The van der Waals surface area contributed by atoms with E-state index in [9.17, 15) is 0 Å². The molecule has 1 atom stereocenters. The van der Waals surface area contributed by atoms with Crippen molar-refractivity contribution in [3.8, 4) is 0 Å². The van der Waals surface area contributed by atoms with Gasteiger partial charge in [0.1, 0.15) is 0 Å². The normalized spacial score (nSPS) is 12.7. The van der Waals surface area contributed by atoms with E-state index < -0.39 is 0 Å². The Labute approximate surface area is 96.9 Å².